The van der Waals surface area contributed by atoms with Crippen LogP contribution < -0.4 is 10.6 Å². The molecular formula is C9H17N5O2. The lowest BCUT2D eigenvalue weighted by molar-refractivity contribution is -0.120. The van der Waals surface area contributed by atoms with Gasteiger partial charge >= 0.3 is 0 Å². The van der Waals surface area contributed by atoms with E-state index in [9.17, 15) is 4.79 Å². The maximum absolute atomic E-state index is 11.3. The third kappa shape index (κ3) is 5.42. The molecule has 0 spiro atoms. The van der Waals surface area contributed by atoms with Crippen molar-refractivity contribution in [2.45, 2.75) is 6.54 Å². The van der Waals surface area contributed by atoms with E-state index in [2.05, 4.69) is 20.9 Å². The summed E-state index contributed by atoms with van der Waals surface area (Å²) in [5.41, 5.74) is 0. The van der Waals surface area contributed by atoms with Crippen molar-refractivity contribution < 1.29 is 9.53 Å². The summed E-state index contributed by atoms with van der Waals surface area (Å²) in [4.78, 5) is 11.3. The van der Waals surface area contributed by atoms with Crippen molar-refractivity contribution in [3.63, 3.8) is 0 Å². The van der Waals surface area contributed by atoms with E-state index >= 15 is 0 Å². The van der Waals surface area contributed by atoms with Crippen LogP contribution in [-0.4, -0.2) is 54.3 Å². The SMILES string of the molecule is COCCNCC(=O)NCCn1ccnn1. The Bertz CT molecular complexity index is 288. The van der Waals surface area contributed by atoms with Gasteiger partial charge < -0.3 is 15.4 Å². The lowest BCUT2D eigenvalue weighted by Crippen LogP contribution is -2.36. The highest BCUT2D eigenvalue weighted by Gasteiger charge is 1.99. The number of aromatic nitrogens is 3. The van der Waals surface area contributed by atoms with Gasteiger partial charge in [-0.2, -0.15) is 0 Å². The Morgan fingerprint density at radius 1 is 1.50 bits per heavy atom. The predicted molar refractivity (Wildman–Crippen MR) is 57.8 cm³/mol. The number of hydrogen-bond acceptors (Lipinski definition) is 5. The summed E-state index contributed by atoms with van der Waals surface area (Å²) in [6.07, 6.45) is 3.36. The number of ether oxygens (including phenoxy) is 1. The first-order valence-corrected chi connectivity index (χ1v) is 5.13. The zero-order chi connectivity index (χ0) is 11.6. The summed E-state index contributed by atoms with van der Waals surface area (Å²) in [5, 5.41) is 13.2. The highest BCUT2D eigenvalue weighted by molar-refractivity contribution is 5.77. The highest BCUT2D eigenvalue weighted by Crippen LogP contribution is 1.78. The van der Waals surface area contributed by atoms with E-state index in [1.165, 1.54) is 0 Å². The van der Waals surface area contributed by atoms with Gasteiger partial charge in [0.25, 0.3) is 0 Å². The van der Waals surface area contributed by atoms with Gasteiger partial charge in [0.2, 0.25) is 5.91 Å². The van der Waals surface area contributed by atoms with Crippen molar-refractivity contribution >= 4 is 5.91 Å². The molecule has 1 aromatic heterocycles. The minimum atomic E-state index is -0.0313. The van der Waals surface area contributed by atoms with Crippen LogP contribution in [0.3, 0.4) is 0 Å². The molecule has 90 valence electrons. The summed E-state index contributed by atoms with van der Waals surface area (Å²) in [6, 6.07) is 0. The molecule has 1 rings (SSSR count). The molecule has 0 aliphatic rings. The van der Waals surface area contributed by atoms with Crippen LogP contribution in [0.1, 0.15) is 0 Å². The summed E-state index contributed by atoms with van der Waals surface area (Å²) >= 11 is 0. The van der Waals surface area contributed by atoms with Crippen LogP contribution in [0, 0.1) is 0 Å². The zero-order valence-electron chi connectivity index (χ0n) is 9.35. The quantitative estimate of drug-likeness (QED) is 0.536. The van der Waals surface area contributed by atoms with Crippen LogP contribution in [0.4, 0.5) is 0 Å². The van der Waals surface area contributed by atoms with Gasteiger partial charge in [-0.05, 0) is 0 Å². The van der Waals surface area contributed by atoms with E-state index in [1.807, 2.05) is 0 Å². The number of amides is 1. The number of rotatable bonds is 8. The van der Waals surface area contributed by atoms with Crippen molar-refractivity contribution in [2.24, 2.45) is 0 Å². The van der Waals surface area contributed by atoms with Gasteiger partial charge in [0.15, 0.2) is 0 Å². The smallest absolute Gasteiger partial charge is 0.234 e. The Kier molecular flexibility index (Phi) is 6.12. The van der Waals surface area contributed by atoms with Crippen LogP contribution in [0.5, 0.6) is 0 Å². The summed E-state index contributed by atoms with van der Waals surface area (Å²) < 4.78 is 6.51. The van der Waals surface area contributed by atoms with E-state index in [0.29, 0.717) is 32.8 Å². The third-order valence-corrected chi connectivity index (χ3v) is 1.90. The fourth-order valence-electron chi connectivity index (χ4n) is 1.10. The second-order valence-electron chi connectivity index (χ2n) is 3.19. The largest absolute Gasteiger partial charge is 0.383 e. The summed E-state index contributed by atoms with van der Waals surface area (Å²) in [5.74, 6) is -0.0313. The first kappa shape index (κ1) is 12.6. The fraction of sp³-hybridized carbons (Fsp3) is 0.667. The number of methoxy groups -OCH3 is 1. The van der Waals surface area contributed by atoms with Crippen LogP contribution in [0.15, 0.2) is 12.4 Å². The fourth-order valence-corrected chi connectivity index (χ4v) is 1.10. The van der Waals surface area contributed by atoms with Crippen LogP contribution in [0.2, 0.25) is 0 Å². The van der Waals surface area contributed by atoms with Crippen molar-refractivity contribution in [1.29, 1.82) is 0 Å². The molecule has 7 heteroatoms. The number of carbonyl (C=O) groups is 1. The monoisotopic (exact) mass is 227 g/mol. The van der Waals surface area contributed by atoms with Gasteiger partial charge in [-0.25, -0.2) is 0 Å². The molecule has 1 amide bonds. The molecule has 0 saturated carbocycles. The summed E-state index contributed by atoms with van der Waals surface area (Å²) in [6.45, 7) is 2.76. The van der Waals surface area contributed by atoms with Crippen LogP contribution >= 0.6 is 0 Å². The Hall–Kier alpha value is -1.47. The number of nitrogens with zero attached hydrogens (tertiary/aromatic N) is 3. The van der Waals surface area contributed by atoms with E-state index in [-0.39, 0.29) is 5.91 Å². The standard InChI is InChI=1S/C9H17N5O2/c1-16-7-4-10-8-9(15)11-2-5-14-6-3-12-13-14/h3,6,10H,2,4-5,7-8H2,1H3,(H,11,15). The van der Waals surface area contributed by atoms with Gasteiger partial charge in [0.05, 0.1) is 25.9 Å². The van der Waals surface area contributed by atoms with Gasteiger partial charge in [-0.1, -0.05) is 5.21 Å². The van der Waals surface area contributed by atoms with Crippen molar-refractivity contribution in [3.05, 3.63) is 12.4 Å². The highest BCUT2D eigenvalue weighted by atomic mass is 16.5. The molecule has 0 fully saturated rings. The number of nitrogens with one attached hydrogen (secondary N) is 2. The molecule has 0 unspecified atom stereocenters. The van der Waals surface area contributed by atoms with Crippen molar-refractivity contribution in [3.8, 4) is 0 Å². The maximum atomic E-state index is 11.3. The molecule has 0 aliphatic heterocycles. The van der Waals surface area contributed by atoms with Gasteiger partial charge in [-0.15, -0.1) is 5.10 Å². The average molecular weight is 227 g/mol. The topological polar surface area (TPSA) is 81.1 Å². The average Bonchev–Trinajstić information content (AvgIpc) is 2.77. The molecule has 16 heavy (non-hydrogen) atoms. The molecule has 0 atom stereocenters. The Morgan fingerprint density at radius 3 is 3.06 bits per heavy atom. The van der Waals surface area contributed by atoms with Gasteiger partial charge in [-0.3, -0.25) is 9.48 Å². The first-order chi connectivity index (χ1) is 7.83. The number of carbonyl (C=O) groups excluding carboxylic acids is 1. The van der Waals surface area contributed by atoms with Crippen LogP contribution in [-0.2, 0) is 16.1 Å². The predicted octanol–water partition coefficient (Wildman–Crippen LogP) is -1.37. The minimum Gasteiger partial charge on any atom is -0.383 e. The van der Waals surface area contributed by atoms with Crippen molar-refractivity contribution in [1.82, 2.24) is 25.6 Å². The van der Waals surface area contributed by atoms with E-state index < -0.39 is 0 Å². The lowest BCUT2D eigenvalue weighted by atomic mass is 10.5. The van der Waals surface area contributed by atoms with E-state index in [4.69, 9.17) is 4.74 Å². The molecule has 0 aromatic carbocycles. The zero-order valence-corrected chi connectivity index (χ0v) is 9.35. The minimum absolute atomic E-state index is 0.0313. The van der Waals surface area contributed by atoms with Gasteiger partial charge in [0.1, 0.15) is 0 Å². The van der Waals surface area contributed by atoms with E-state index in [0.717, 1.165) is 0 Å². The van der Waals surface area contributed by atoms with Crippen molar-refractivity contribution in [2.75, 3.05) is 33.4 Å². The first-order valence-electron chi connectivity index (χ1n) is 5.13. The molecular weight excluding hydrogens is 210 g/mol. The second kappa shape index (κ2) is 7.77. The molecule has 7 nitrogen and oxygen atoms in total. The normalized spacial score (nSPS) is 10.3. The lowest BCUT2D eigenvalue weighted by Gasteiger charge is -2.06. The van der Waals surface area contributed by atoms with Gasteiger partial charge in [0, 0.05) is 26.4 Å². The van der Waals surface area contributed by atoms with Crippen LogP contribution in [0.25, 0.3) is 0 Å². The Balaban J connectivity index is 1.98. The molecule has 0 bridgehead atoms. The Labute approximate surface area is 94.2 Å². The summed E-state index contributed by atoms with van der Waals surface area (Å²) in [7, 11) is 1.62. The molecule has 1 heterocycles. The molecule has 0 saturated heterocycles. The Morgan fingerprint density at radius 2 is 2.38 bits per heavy atom. The molecule has 0 aliphatic carbocycles. The third-order valence-electron chi connectivity index (χ3n) is 1.90. The molecule has 1 aromatic rings. The molecule has 0 radical (unpaired) electrons. The molecule has 2 N–H and O–H groups in total. The van der Waals surface area contributed by atoms with E-state index in [1.54, 1.807) is 24.2 Å². The number of hydrogen-bond donors (Lipinski definition) is 2. The second-order valence-corrected chi connectivity index (χ2v) is 3.19. The maximum Gasteiger partial charge on any atom is 0.234 e.